The van der Waals surface area contributed by atoms with Crippen molar-refractivity contribution in [1.29, 1.82) is 0 Å². The number of amides is 2. The highest BCUT2D eigenvalue weighted by Gasteiger charge is 2.29. The van der Waals surface area contributed by atoms with E-state index < -0.39 is 5.41 Å². The molecule has 1 heterocycles. The highest BCUT2D eigenvalue weighted by Crippen LogP contribution is 2.27. The Kier molecular flexibility index (Phi) is 5.63. The van der Waals surface area contributed by atoms with Crippen LogP contribution in [0.4, 0.5) is 0 Å². The van der Waals surface area contributed by atoms with Crippen molar-refractivity contribution in [2.45, 2.75) is 46.7 Å². The minimum Gasteiger partial charge on any atom is -0.359 e. The lowest BCUT2D eigenvalue weighted by Gasteiger charge is -2.28. The van der Waals surface area contributed by atoms with Crippen LogP contribution in [0, 0.1) is 11.3 Å². The molecule has 2 aromatic rings. The summed E-state index contributed by atoms with van der Waals surface area (Å²) in [7, 11) is 0. The largest absolute Gasteiger partial charge is 0.359 e. The first-order valence-corrected chi connectivity index (χ1v) is 9.40. The zero-order chi connectivity index (χ0) is 19.4. The number of hydrogen-bond acceptors (Lipinski definition) is 4. The fourth-order valence-electron chi connectivity index (χ4n) is 2.81. The topological polar surface area (TPSA) is 75.4 Å². The molecular weight excluding hydrogens is 342 g/mol. The van der Waals surface area contributed by atoms with E-state index in [0.29, 0.717) is 24.8 Å². The van der Waals surface area contributed by atoms with Crippen molar-refractivity contribution in [3.05, 3.63) is 53.4 Å². The second-order valence-electron chi connectivity index (χ2n) is 8.23. The molecule has 1 N–H and O–H groups in total. The van der Waals surface area contributed by atoms with E-state index >= 15 is 0 Å². The van der Waals surface area contributed by atoms with E-state index in [4.69, 9.17) is 4.52 Å². The van der Waals surface area contributed by atoms with E-state index in [1.807, 2.05) is 51.1 Å². The Labute approximate surface area is 159 Å². The lowest BCUT2D eigenvalue weighted by molar-refractivity contribution is -0.141. The second kappa shape index (κ2) is 7.94. The molecule has 2 amide bonds. The van der Waals surface area contributed by atoms with Crippen molar-refractivity contribution in [2.75, 3.05) is 6.54 Å². The van der Waals surface area contributed by atoms with Crippen LogP contribution in [0.2, 0.25) is 0 Å². The van der Waals surface area contributed by atoms with Gasteiger partial charge in [0.25, 0.3) is 5.91 Å². The molecule has 1 aliphatic carbocycles. The summed E-state index contributed by atoms with van der Waals surface area (Å²) in [6.45, 7) is 7.11. The standard InChI is InChI=1S/C21H27N3O3/c1-21(2,3)20(26)24(13-16-7-5-4-6-8-16)14-17-11-18(23-27-17)19(25)22-12-15-9-10-15/h4-8,11,15H,9-10,12-14H2,1-3H3,(H,22,25). The van der Waals surface area contributed by atoms with E-state index in [1.165, 1.54) is 12.8 Å². The zero-order valence-corrected chi connectivity index (χ0v) is 16.2. The first-order valence-electron chi connectivity index (χ1n) is 9.40. The molecule has 1 aromatic heterocycles. The predicted octanol–water partition coefficient (Wildman–Crippen LogP) is 3.39. The third-order valence-corrected chi connectivity index (χ3v) is 4.53. The van der Waals surface area contributed by atoms with E-state index in [-0.39, 0.29) is 24.1 Å². The van der Waals surface area contributed by atoms with Gasteiger partial charge in [-0.1, -0.05) is 56.3 Å². The third-order valence-electron chi connectivity index (χ3n) is 4.53. The fraction of sp³-hybridized carbons (Fsp3) is 0.476. The van der Waals surface area contributed by atoms with E-state index in [1.54, 1.807) is 11.0 Å². The van der Waals surface area contributed by atoms with Gasteiger partial charge < -0.3 is 14.7 Å². The van der Waals surface area contributed by atoms with Crippen LogP contribution in [0.1, 0.15) is 55.4 Å². The van der Waals surface area contributed by atoms with Crippen molar-refractivity contribution in [3.8, 4) is 0 Å². The van der Waals surface area contributed by atoms with Gasteiger partial charge >= 0.3 is 0 Å². The Morgan fingerprint density at radius 1 is 1.19 bits per heavy atom. The molecule has 1 aromatic carbocycles. The molecule has 3 rings (SSSR count). The number of rotatable bonds is 7. The first-order chi connectivity index (χ1) is 12.8. The molecule has 27 heavy (non-hydrogen) atoms. The minimum absolute atomic E-state index is 0.0162. The molecule has 6 heteroatoms. The van der Waals surface area contributed by atoms with Crippen LogP contribution >= 0.6 is 0 Å². The maximum absolute atomic E-state index is 12.9. The van der Waals surface area contributed by atoms with E-state index in [0.717, 1.165) is 5.56 Å². The molecule has 0 aliphatic heterocycles. The normalized spacial score (nSPS) is 14.0. The van der Waals surface area contributed by atoms with Crippen LogP contribution in [0.3, 0.4) is 0 Å². The van der Waals surface area contributed by atoms with Gasteiger partial charge in [0.2, 0.25) is 5.91 Å². The molecule has 0 radical (unpaired) electrons. The number of carbonyl (C=O) groups is 2. The SMILES string of the molecule is CC(C)(C)C(=O)N(Cc1ccccc1)Cc1cc(C(=O)NCC2CC2)no1. The van der Waals surface area contributed by atoms with Gasteiger partial charge in [0.15, 0.2) is 11.5 Å². The Balaban J connectivity index is 1.69. The van der Waals surface area contributed by atoms with Gasteiger partial charge in [0.1, 0.15) is 0 Å². The molecule has 1 saturated carbocycles. The third kappa shape index (κ3) is 5.42. The van der Waals surface area contributed by atoms with E-state index in [2.05, 4.69) is 10.5 Å². The number of nitrogens with zero attached hydrogens (tertiary/aromatic N) is 2. The molecule has 0 unspecified atom stereocenters. The number of aromatic nitrogens is 1. The maximum Gasteiger partial charge on any atom is 0.273 e. The van der Waals surface area contributed by atoms with Gasteiger partial charge in [-0.2, -0.15) is 0 Å². The monoisotopic (exact) mass is 369 g/mol. The molecule has 0 spiro atoms. The predicted molar refractivity (Wildman–Crippen MR) is 102 cm³/mol. The first kappa shape index (κ1) is 19.1. The summed E-state index contributed by atoms with van der Waals surface area (Å²) in [4.78, 5) is 26.8. The number of hydrogen-bond donors (Lipinski definition) is 1. The lowest BCUT2D eigenvalue weighted by Crippen LogP contribution is -2.38. The summed E-state index contributed by atoms with van der Waals surface area (Å²) in [6, 6.07) is 11.4. The second-order valence-corrected chi connectivity index (χ2v) is 8.23. The Hall–Kier alpha value is -2.63. The Morgan fingerprint density at radius 2 is 1.89 bits per heavy atom. The maximum atomic E-state index is 12.9. The summed E-state index contributed by atoms with van der Waals surface area (Å²) in [5.41, 5.74) is 0.782. The Morgan fingerprint density at radius 3 is 2.52 bits per heavy atom. The summed E-state index contributed by atoms with van der Waals surface area (Å²) < 4.78 is 5.33. The van der Waals surface area contributed by atoms with Crippen LogP contribution in [0.5, 0.6) is 0 Å². The van der Waals surface area contributed by atoms with Crippen molar-refractivity contribution in [3.63, 3.8) is 0 Å². The van der Waals surface area contributed by atoms with Crippen LogP contribution in [-0.2, 0) is 17.9 Å². The van der Waals surface area contributed by atoms with Crippen molar-refractivity contribution in [2.24, 2.45) is 11.3 Å². The fourth-order valence-corrected chi connectivity index (χ4v) is 2.81. The van der Waals surface area contributed by atoms with Crippen LogP contribution < -0.4 is 5.32 Å². The van der Waals surface area contributed by atoms with Crippen LogP contribution in [0.15, 0.2) is 40.9 Å². The number of nitrogens with one attached hydrogen (secondary N) is 1. The highest BCUT2D eigenvalue weighted by molar-refractivity contribution is 5.92. The minimum atomic E-state index is -0.515. The smallest absolute Gasteiger partial charge is 0.273 e. The quantitative estimate of drug-likeness (QED) is 0.812. The average Bonchev–Trinajstić information content (AvgIpc) is 3.35. The van der Waals surface area contributed by atoms with Crippen LogP contribution in [0.25, 0.3) is 0 Å². The van der Waals surface area contributed by atoms with Crippen molar-refractivity contribution < 1.29 is 14.1 Å². The molecule has 1 aliphatic rings. The molecule has 0 atom stereocenters. The van der Waals surface area contributed by atoms with E-state index in [9.17, 15) is 9.59 Å². The van der Waals surface area contributed by atoms with Gasteiger partial charge in [-0.05, 0) is 24.3 Å². The highest BCUT2D eigenvalue weighted by atomic mass is 16.5. The molecule has 1 fully saturated rings. The van der Waals surface area contributed by atoms with Crippen molar-refractivity contribution >= 4 is 11.8 Å². The molecular formula is C21H27N3O3. The molecule has 144 valence electrons. The summed E-state index contributed by atoms with van der Waals surface area (Å²) in [6.07, 6.45) is 2.35. The van der Waals surface area contributed by atoms with Crippen LogP contribution in [-0.4, -0.2) is 28.4 Å². The zero-order valence-electron chi connectivity index (χ0n) is 16.2. The number of benzene rings is 1. The van der Waals surface area contributed by atoms with Gasteiger partial charge in [0.05, 0.1) is 6.54 Å². The lowest BCUT2D eigenvalue weighted by atomic mass is 9.94. The molecule has 6 nitrogen and oxygen atoms in total. The molecule has 0 bridgehead atoms. The Bertz CT molecular complexity index is 789. The summed E-state index contributed by atoms with van der Waals surface area (Å²) in [5.74, 6) is 0.891. The molecule has 0 saturated heterocycles. The van der Waals surface area contributed by atoms with Gasteiger partial charge in [-0.15, -0.1) is 0 Å². The average molecular weight is 369 g/mol. The van der Waals surface area contributed by atoms with Crippen molar-refractivity contribution in [1.82, 2.24) is 15.4 Å². The van der Waals surface area contributed by atoms with Gasteiger partial charge in [-0.25, -0.2) is 0 Å². The van der Waals surface area contributed by atoms with Gasteiger partial charge in [-0.3, -0.25) is 9.59 Å². The summed E-state index contributed by atoms with van der Waals surface area (Å²) in [5, 5.41) is 6.74. The number of carbonyl (C=O) groups excluding carboxylic acids is 2. The van der Waals surface area contributed by atoms with Gasteiger partial charge in [0, 0.05) is 24.6 Å². The summed E-state index contributed by atoms with van der Waals surface area (Å²) >= 11 is 0.